The second-order valence-electron chi connectivity index (χ2n) is 5.17. The van der Waals surface area contributed by atoms with Crippen molar-refractivity contribution >= 4 is 46.8 Å². The van der Waals surface area contributed by atoms with Crippen LogP contribution in [0.1, 0.15) is 10.4 Å². The minimum atomic E-state index is -2.55. The highest BCUT2D eigenvalue weighted by atomic mass is 32.2. The molecule has 0 unspecified atom stereocenters. The molecule has 2 aromatic carbocycles. The molecule has 0 bridgehead atoms. The Labute approximate surface area is 167 Å². The predicted molar refractivity (Wildman–Crippen MR) is 102 cm³/mol. The van der Waals surface area contributed by atoms with Gasteiger partial charge in [0, 0.05) is 21.5 Å². The third kappa shape index (κ3) is 6.20. The Hall–Kier alpha value is -2.66. The molecule has 7 nitrogen and oxygen atoms in total. The lowest BCUT2D eigenvalue weighted by atomic mass is 10.2. The normalized spacial score (nSPS) is 10.6. The quantitative estimate of drug-likeness (QED) is 0.287. The molecule has 0 aliphatic rings. The number of nitro benzene ring substituents is 1. The smallest absolute Gasteiger partial charge is 0.345 e. The number of anilines is 1. The fourth-order valence-electron chi connectivity index (χ4n) is 2.09. The van der Waals surface area contributed by atoms with Crippen molar-refractivity contribution in [3.63, 3.8) is 0 Å². The van der Waals surface area contributed by atoms with Gasteiger partial charge in [0.1, 0.15) is 5.56 Å². The Bertz CT molecular complexity index is 878. The van der Waals surface area contributed by atoms with Gasteiger partial charge in [-0.3, -0.25) is 14.9 Å². The van der Waals surface area contributed by atoms with Gasteiger partial charge in [-0.2, -0.15) is 8.78 Å². The van der Waals surface area contributed by atoms with Gasteiger partial charge < -0.3 is 10.1 Å². The highest BCUT2D eigenvalue weighted by molar-refractivity contribution is 7.99. The lowest BCUT2D eigenvalue weighted by Gasteiger charge is -2.08. The molecule has 0 saturated carbocycles. The van der Waals surface area contributed by atoms with Crippen molar-refractivity contribution in [1.82, 2.24) is 0 Å². The number of nitro groups is 1. The number of ether oxygens (including phenoxy) is 1. The summed E-state index contributed by atoms with van der Waals surface area (Å²) in [7, 11) is 0. The average Bonchev–Trinajstić information content (AvgIpc) is 2.66. The van der Waals surface area contributed by atoms with E-state index < -0.39 is 34.9 Å². The van der Waals surface area contributed by atoms with Crippen LogP contribution in [-0.4, -0.2) is 35.4 Å². The molecule has 0 fully saturated rings. The standard InChI is InChI=1S/C17H14F2N2O5S2/c1-27-12-6-7-14(21(24)25)13(8-12)16(23)26-9-15(22)20-10-2-4-11(5-3-10)28-17(18)19/h2-8,17H,9H2,1H3,(H,20,22). The fraction of sp³-hybridized carbons (Fsp3) is 0.176. The SMILES string of the molecule is CSc1ccc([N+](=O)[O-])c(C(=O)OCC(=O)Nc2ccc(SC(F)F)cc2)c1. The number of amides is 1. The maximum atomic E-state index is 12.3. The molecule has 0 spiro atoms. The van der Waals surface area contributed by atoms with Gasteiger partial charge in [-0.15, -0.1) is 11.8 Å². The van der Waals surface area contributed by atoms with Crippen molar-refractivity contribution < 1.29 is 28.0 Å². The number of rotatable bonds is 8. The van der Waals surface area contributed by atoms with Crippen molar-refractivity contribution in [2.75, 3.05) is 18.2 Å². The van der Waals surface area contributed by atoms with Crippen LogP contribution in [0.15, 0.2) is 52.3 Å². The first-order valence-corrected chi connectivity index (χ1v) is 9.75. The summed E-state index contributed by atoms with van der Waals surface area (Å²) in [4.78, 5) is 35.4. The summed E-state index contributed by atoms with van der Waals surface area (Å²) in [6.07, 6.45) is 1.74. The maximum Gasteiger partial charge on any atom is 0.345 e. The van der Waals surface area contributed by atoms with Crippen molar-refractivity contribution in [1.29, 1.82) is 0 Å². The van der Waals surface area contributed by atoms with Gasteiger partial charge in [-0.05, 0) is 42.7 Å². The van der Waals surface area contributed by atoms with Gasteiger partial charge in [0.05, 0.1) is 4.92 Å². The summed E-state index contributed by atoms with van der Waals surface area (Å²) < 4.78 is 29.4. The van der Waals surface area contributed by atoms with Gasteiger partial charge in [-0.25, -0.2) is 4.79 Å². The van der Waals surface area contributed by atoms with Crippen molar-refractivity contribution in [3.8, 4) is 0 Å². The van der Waals surface area contributed by atoms with E-state index in [4.69, 9.17) is 4.74 Å². The molecule has 2 rings (SSSR count). The maximum absolute atomic E-state index is 12.3. The van der Waals surface area contributed by atoms with E-state index in [1.54, 1.807) is 6.26 Å². The van der Waals surface area contributed by atoms with Crippen LogP contribution in [0.2, 0.25) is 0 Å². The van der Waals surface area contributed by atoms with E-state index in [0.717, 1.165) is 0 Å². The average molecular weight is 428 g/mol. The molecule has 0 aromatic heterocycles. The lowest BCUT2D eigenvalue weighted by Crippen LogP contribution is -2.21. The number of alkyl halides is 2. The minimum absolute atomic E-state index is 0.252. The number of nitrogens with zero attached hydrogens (tertiary/aromatic N) is 1. The Morgan fingerprint density at radius 3 is 2.39 bits per heavy atom. The summed E-state index contributed by atoms with van der Waals surface area (Å²) >= 11 is 1.67. The number of benzene rings is 2. The highest BCUT2D eigenvalue weighted by Gasteiger charge is 2.22. The monoisotopic (exact) mass is 428 g/mol. The Balaban J connectivity index is 1.97. The summed E-state index contributed by atoms with van der Waals surface area (Å²) in [5.41, 5.74) is -0.344. The van der Waals surface area contributed by atoms with Crippen molar-refractivity contribution in [2.24, 2.45) is 0 Å². The largest absolute Gasteiger partial charge is 0.452 e. The van der Waals surface area contributed by atoms with Crippen LogP contribution >= 0.6 is 23.5 Å². The first-order chi connectivity index (χ1) is 13.3. The second kappa shape index (κ2) is 10.0. The van der Waals surface area contributed by atoms with Crippen molar-refractivity contribution in [2.45, 2.75) is 15.5 Å². The molecule has 28 heavy (non-hydrogen) atoms. The molecule has 2 aromatic rings. The Morgan fingerprint density at radius 2 is 1.82 bits per heavy atom. The molecule has 11 heteroatoms. The lowest BCUT2D eigenvalue weighted by molar-refractivity contribution is -0.385. The third-order valence-electron chi connectivity index (χ3n) is 3.32. The first-order valence-electron chi connectivity index (χ1n) is 7.64. The van der Waals surface area contributed by atoms with Crippen LogP contribution in [0, 0.1) is 10.1 Å². The zero-order valence-electron chi connectivity index (χ0n) is 14.4. The van der Waals surface area contributed by atoms with E-state index >= 15 is 0 Å². The molecule has 0 aliphatic carbocycles. The van der Waals surface area contributed by atoms with Gasteiger partial charge >= 0.3 is 5.97 Å². The van der Waals surface area contributed by atoms with Gasteiger partial charge in [0.2, 0.25) is 0 Å². The summed E-state index contributed by atoms with van der Waals surface area (Å²) in [5.74, 6) is -4.22. The Kier molecular flexibility index (Phi) is 7.76. The molecule has 148 valence electrons. The number of nitrogens with one attached hydrogen (secondary N) is 1. The fourth-order valence-corrected chi connectivity index (χ4v) is 3.03. The summed E-state index contributed by atoms with van der Waals surface area (Å²) in [5, 5.41) is 13.5. The topological polar surface area (TPSA) is 98.5 Å². The van der Waals surface area contributed by atoms with Crippen molar-refractivity contribution in [3.05, 3.63) is 58.1 Å². The predicted octanol–water partition coefficient (Wildman–Crippen LogP) is 4.43. The van der Waals surface area contributed by atoms with E-state index in [0.29, 0.717) is 27.2 Å². The molecular weight excluding hydrogens is 414 g/mol. The van der Waals surface area contributed by atoms with E-state index in [9.17, 15) is 28.5 Å². The molecule has 1 amide bonds. The molecule has 0 heterocycles. The summed E-state index contributed by atoms with van der Waals surface area (Å²) in [6.45, 7) is -0.660. The number of carbonyl (C=O) groups excluding carboxylic acids is 2. The Morgan fingerprint density at radius 1 is 1.18 bits per heavy atom. The highest BCUT2D eigenvalue weighted by Crippen LogP contribution is 2.27. The molecule has 0 atom stereocenters. The number of hydrogen-bond acceptors (Lipinski definition) is 7. The second-order valence-corrected chi connectivity index (χ2v) is 7.11. The van der Waals surface area contributed by atoms with Crippen LogP contribution in [0.25, 0.3) is 0 Å². The van der Waals surface area contributed by atoms with Crippen LogP contribution in [0.3, 0.4) is 0 Å². The van der Waals surface area contributed by atoms with E-state index in [-0.39, 0.29) is 5.56 Å². The number of hydrogen-bond donors (Lipinski definition) is 1. The van der Waals surface area contributed by atoms with E-state index in [1.165, 1.54) is 54.2 Å². The molecule has 0 saturated heterocycles. The van der Waals surface area contributed by atoms with E-state index in [2.05, 4.69) is 5.32 Å². The van der Waals surface area contributed by atoms with Gasteiger partial charge in [-0.1, -0.05) is 11.8 Å². The number of carbonyl (C=O) groups is 2. The molecular formula is C17H14F2N2O5S2. The third-order valence-corrected chi connectivity index (χ3v) is 4.77. The summed E-state index contributed by atoms with van der Waals surface area (Å²) in [6, 6.07) is 9.70. The van der Waals surface area contributed by atoms with E-state index in [1.807, 2.05) is 0 Å². The zero-order chi connectivity index (χ0) is 20.7. The van der Waals surface area contributed by atoms with Gasteiger partial charge in [0.25, 0.3) is 17.4 Å². The minimum Gasteiger partial charge on any atom is -0.452 e. The van der Waals surface area contributed by atoms with Crippen LogP contribution < -0.4 is 5.32 Å². The first kappa shape index (κ1) is 21.6. The number of esters is 1. The number of thioether (sulfide) groups is 2. The molecule has 0 radical (unpaired) electrons. The molecule has 1 N–H and O–H groups in total. The van der Waals surface area contributed by atoms with Crippen LogP contribution in [0.5, 0.6) is 0 Å². The number of halogens is 2. The molecule has 0 aliphatic heterocycles. The van der Waals surface area contributed by atoms with Gasteiger partial charge in [0.15, 0.2) is 6.61 Å². The zero-order valence-corrected chi connectivity index (χ0v) is 16.0. The van der Waals surface area contributed by atoms with Crippen LogP contribution in [0.4, 0.5) is 20.2 Å². The van der Waals surface area contributed by atoms with Crippen LogP contribution in [-0.2, 0) is 9.53 Å².